The lowest BCUT2D eigenvalue weighted by Crippen LogP contribution is -2.30. The van der Waals surface area contributed by atoms with Gasteiger partial charge in [-0.2, -0.15) is 5.10 Å². The number of hydrogen-bond donors (Lipinski definition) is 4. The summed E-state index contributed by atoms with van der Waals surface area (Å²) < 4.78 is 0. The van der Waals surface area contributed by atoms with E-state index in [0.717, 1.165) is 76.0 Å². The third-order valence-corrected chi connectivity index (χ3v) is 7.45. The van der Waals surface area contributed by atoms with Crippen molar-refractivity contribution in [2.45, 2.75) is 19.3 Å². The Balaban J connectivity index is 1.19. The van der Waals surface area contributed by atoms with Crippen LogP contribution in [0.3, 0.4) is 0 Å². The number of aromatic nitrogens is 7. The molecule has 0 aromatic carbocycles. The standard InChI is InChI=1S/C30H27N9O/c40-28(9-18-4-7-31-8-5-18)36-21-10-19(13-32-15-21)20-11-23-29(38-39-30(23)35-14-20)26-12-22-24(16-33-17-27(22)37-26)25-3-1-2-6-34-25/h1-3,6,10-18,31,37H,4-5,7-9H2,(H,36,40)(H,35,38,39). The number of rotatable bonds is 6. The molecule has 198 valence electrons. The van der Waals surface area contributed by atoms with Crippen molar-refractivity contribution in [2.24, 2.45) is 5.92 Å². The van der Waals surface area contributed by atoms with Crippen molar-refractivity contribution in [3.8, 4) is 33.8 Å². The van der Waals surface area contributed by atoms with Gasteiger partial charge in [-0.15, -0.1) is 0 Å². The number of pyridine rings is 4. The molecule has 1 fully saturated rings. The molecule has 0 bridgehead atoms. The number of anilines is 1. The van der Waals surface area contributed by atoms with E-state index in [2.05, 4.69) is 51.8 Å². The highest BCUT2D eigenvalue weighted by Gasteiger charge is 2.18. The van der Waals surface area contributed by atoms with E-state index >= 15 is 0 Å². The summed E-state index contributed by atoms with van der Waals surface area (Å²) in [7, 11) is 0. The first-order valence-electron chi connectivity index (χ1n) is 13.4. The van der Waals surface area contributed by atoms with Crippen LogP contribution < -0.4 is 10.6 Å². The zero-order chi connectivity index (χ0) is 26.9. The minimum atomic E-state index is 0.0231. The van der Waals surface area contributed by atoms with E-state index < -0.39 is 0 Å². The van der Waals surface area contributed by atoms with Crippen molar-refractivity contribution in [3.05, 3.63) is 73.6 Å². The maximum absolute atomic E-state index is 12.7. The minimum absolute atomic E-state index is 0.0231. The number of nitrogens with one attached hydrogen (secondary N) is 4. The molecule has 1 aliphatic rings. The molecule has 1 aliphatic heterocycles. The molecule has 40 heavy (non-hydrogen) atoms. The van der Waals surface area contributed by atoms with Gasteiger partial charge in [0.05, 0.1) is 35.0 Å². The van der Waals surface area contributed by atoms with Gasteiger partial charge in [0.1, 0.15) is 5.69 Å². The number of hydrogen-bond acceptors (Lipinski definition) is 7. The monoisotopic (exact) mass is 529 g/mol. The summed E-state index contributed by atoms with van der Waals surface area (Å²) >= 11 is 0. The van der Waals surface area contributed by atoms with E-state index in [-0.39, 0.29) is 5.91 Å². The average molecular weight is 530 g/mol. The van der Waals surface area contributed by atoms with Crippen LogP contribution >= 0.6 is 0 Å². The molecule has 10 nitrogen and oxygen atoms in total. The molecule has 0 spiro atoms. The Morgan fingerprint density at radius 1 is 0.925 bits per heavy atom. The van der Waals surface area contributed by atoms with Gasteiger partial charge < -0.3 is 15.6 Å². The average Bonchev–Trinajstić information content (AvgIpc) is 3.62. The highest BCUT2D eigenvalue weighted by Crippen LogP contribution is 2.34. The van der Waals surface area contributed by atoms with Crippen LogP contribution in [0.4, 0.5) is 5.69 Å². The molecule has 6 aromatic heterocycles. The first kappa shape index (κ1) is 24.1. The fraction of sp³-hybridized carbons (Fsp3) is 0.200. The number of aromatic amines is 2. The summed E-state index contributed by atoms with van der Waals surface area (Å²) in [5.74, 6) is 0.443. The Kier molecular flexibility index (Phi) is 6.21. The van der Waals surface area contributed by atoms with Gasteiger partial charge in [0, 0.05) is 58.7 Å². The topological polar surface area (TPSA) is 137 Å². The molecule has 7 heterocycles. The normalized spacial score (nSPS) is 14.1. The van der Waals surface area contributed by atoms with E-state index in [4.69, 9.17) is 0 Å². The molecule has 10 heteroatoms. The van der Waals surface area contributed by atoms with Crippen LogP contribution in [0.15, 0.2) is 73.6 Å². The summed E-state index contributed by atoms with van der Waals surface area (Å²) in [6.07, 6.45) is 13.2. The first-order valence-corrected chi connectivity index (χ1v) is 13.4. The van der Waals surface area contributed by atoms with Crippen LogP contribution in [0, 0.1) is 5.92 Å². The lowest BCUT2D eigenvalue weighted by atomic mass is 9.94. The fourth-order valence-corrected chi connectivity index (χ4v) is 5.40. The molecule has 6 aromatic rings. The van der Waals surface area contributed by atoms with E-state index in [1.165, 1.54) is 0 Å². The number of nitrogens with zero attached hydrogens (tertiary/aromatic N) is 5. The quantitative estimate of drug-likeness (QED) is 0.239. The zero-order valence-electron chi connectivity index (χ0n) is 21.7. The second kappa shape index (κ2) is 10.3. The number of H-pyrrole nitrogens is 2. The Hall–Kier alpha value is -4.96. The molecular weight excluding hydrogens is 502 g/mol. The number of fused-ring (bicyclic) bond motifs is 2. The van der Waals surface area contributed by atoms with Gasteiger partial charge in [-0.3, -0.25) is 24.8 Å². The summed E-state index contributed by atoms with van der Waals surface area (Å²) in [5, 5.41) is 15.9. The van der Waals surface area contributed by atoms with Crippen molar-refractivity contribution in [1.29, 1.82) is 0 Å². The summed E-state index contributed by atoms with van der Waals surface area (Å²) in [5.41, 5.74) is 7.41. The van der Waals surface area contributed by atoms with Crippen molar-refractivity contribution in [2.75, 3.05) is 18.4 Å². The van der Waals surface area contributed by atoms with Gasteiger partial charge in [0.25, 0.3) is 0 Å². The third-order valence-electron chi connectivity index (χ3n) is 7.45. The van der Waals surface area contributed by atoms with Crippen molar-refractivity contribution in [3.63, 3.8) is 0 Å². The summed E-state index contributed by atoms with van der Waals surface area (Å²) in [6, 6.07) is 11.9. The molecule has 1 saturated heterocycles. The maximum atomic E-state index is 12.7. The Labute approximate surface area is 229 Å². The lowest BCUT2D eigenvalue weighted by Gasteiger charge is -2.21. The highest BCUT2D eigenvalue weighted by molar-refractivity contribution is 6.00. The summed E-state index contributed by atoms with van der Waals surface area (Å²) in [6.45, 7) is 1.95. The SMILES string of the molecule is O=C(CC1CCNCC1)Nc1cncc(-c2cnc3[nH]nc(-c4cc5c(-c6ccccn6)cncc5[nH]4)c3c2)c1. The van der Waals surface area contributed by atoms with Crippen LogP contribution in [0.2, 0.25) is 0 Å². The number of carbonyl (C=O) groups excluding carboxylic acids is 1. The van der Waals surface area contributed by atoms with Crippen LogP contribution in [-0.2, 0) is 4.79 Å². The molecule has 0 saturated carbocycles. The molecule has 0 atom stereocenters. The van der Waals surface area contributed by atoms with Gasteiger partial charge in [0.2, 0.25) is 5.91 Å². The zero-order valence-corrected chi connectivity index (χ0v) is 21.7. The van der Waals surface area contributed by atoms with Crippen LogP contribution in [0.25, 0.3) is 55.7 Å². The van der Waals surface area contributed by atoms with Gasteiger partial charge in [-0.05, 0) is 62.2 Å². The number of amides is 1. The molecule has 0 unspecified atom stereocenters. The lowest BCUT2D eigenvalue weighted by molar-refractivity contribution is -0.117. The maximum Gasteiger partial charge on any atom is 0.224 e. The van der Waals surface area contributed by atoms with Crippen molar-refractivity contribution >= 4 is 33.5 Å². The molecule has 0 radical (unpaired) electrons. The fourth-order valence-electron chi connectivity index (χ4n) is 5.40. The largest absolute Gasteiger partial charge is 0.352 e. The van der Waals surface area contributed by atoms with Crippen LogP contribution in [0.5, 0.6) is 0 Å². The predicted molar refractivity (Wildman–Crippen MR) is 154 cm³/mol. The van der Waals surface area contributed by atoms with Crippen LogP contribution in [-0.4, -0.2) is 54.1 Å². The minimum Gasteiger partial charge on any atom is -0.352 e. The molecule has 0 aliphatic carbocycles. The second-order valence-corrected chi connectivity index (χ2v) is 10.1. The van der Waals surface area contributed by atoms with Gasteiger partial charge in [-0.1, -0.05) is 6.07 Å². The van der Waals surface area contributed by atoms with E-state index in [1.807, 2.05) is 36.5 Å². The van der Waals surface area contributed by atoms with Gasteiger partial charge in [-0.25, -0.2) is 4.98 Å². The Bertz CT molecular complexity index is 1820. The van der Waals surface area contributed by atoms with Gasteiger partial charge in [0.15, 0.2) is 5.65 Å². The molecular formula is C30H27N9O. The summed E-state index contributed by atoms with van der Waals surface area (Å²) in [4.78, 5) is 34.0. The van der Waals surface area contributed by atoms with Crippen molar-refractivity contribution < 1.29 is 4.79 Å². The molecule has 1 amide bonds. The Morgan fingerprint density at radius 2 is 1.80 bits per heavy atom. The first-order chi connectivity index (χ1) is 19.7. The highest BCUT2D eigenvalue weighted by atomic mass is 16.1. The number of carbonyl (C=O) groups is 1. The smallest absolute Gasteiger partial charge is 0.224 e. The predicted octanol–water partition coefficient (Wildman–Crippen LogP) is 4.95. The van der Waals surface area contributed by atoms with Crippen LogP contribution in [0.1, 0.15) is 19.3 Å². The van der Waals surface area contributed by atoms with E-state index in [1.54, 1.807) is 31.0 Å². The van der Waals surface area contributed by atoms with E-state index in [0.29, 0.717) is 23.7 Å². The van der Waals surface area contributed by atoms with Crippen molar-refractivity contribution in [1.82, 2.24) is 40.4 Å². The second-order valence-electron chi connectivity index (χ2n) is 10.1. The molecule has 7 rings (SSSR count). The molecule has 4 N–H and O–H groups in total. The third kappa shape index (κ3) is 4.69. The van der Waals surface area contributed by atoms with Gasteiger partial charge >= 0.3 is 0 Å². The van der Waals surface area contributed by atoms with E-state index in [9.17, 15) is 4.79 Å². The Morgan fingerprint density at radius 3 is 2.67 bits per heavy atom. The number of piperidine rings is 1.